The number of carbonyl (C=O) groups is 1. The van der Waals surface area contributed by atoms with Crippen molar-refractivity contribution in [1.82, 2.24) is 4.90 Å². The molecule has 0 unspecified atom stereocenters. The van der Waals surface area contributed by atoms with E-state index in [9.17, 15) is 4.79 Å². The molecule has 4 nitrogen and oxygen atoms in total. The van der Waals surface area contributed by atoms with Gasteiger partial charge in [-0.1, -0.05) is 0 Å². The Hall–Kier alpha value is -0.610. The lowest BCUT2D eigenvalue weighted by atomic mass is 10.1. The third kappa shape index (κ3) is 3.47. The number of nitrogens with zero attached hydrogens (tertiary/aromatic N) is 1. The van der Waals surface area contributed by atoms with Gasteiger partial charge < -0.3 is 10.5 Å². The van der Waals surface area contributed by atoms with E-state index in [0.717, 1.165) is 0 Å². The highest BCUT2D eigenvalue weighted by Gasteiger charge is 2.39. The summed E-state index contributed by atoms with van der Waals surface area (Å²) >= 11 is 0. The largest absolute Gasteiger partial charge is 0.464 e. The molecule has 0 saturated carbocycles. The molecule has 0 aliphatic heterocycles. The van der Waals surface area contributed by atoms with Crippen LogP contribution in [0.2, 0.25) is 0 Å². The lowest BCUT2D eigenvalue weighted by Gasteiger charge is -2.41. The van der Waals surface area contributed by atoms with Gasteiger partial charge in [0.15, 0.2) is 5.66 Å². The van der Waals surface area contributed by atoms with Crippen molar-refractivity contribution < 1.29 is 9.53 Å². The highest BCUT2D eigenvalue weighted by Crippen LogP contribution is 2.18. The Balaban J connectivity index is 4.86. The van der Waals surface area contributed by atoms with Crippen LogP contribution in [0.5, 0.6) is 0 Å². The molecule has 0 amide bonds. The van der Waals surface area contributed by atoms with E-state index in [1.165, 1.54) is 0 Å². The number of ether oxygens (including phenoxy) is 1. The first-order chi connectivity index (χ1) is 6.75. The summed E-state index contributed by atoms with van der Waals surface area (Å²) in [5, 5.41) is 0. The van der Waals surface area contributed by atoms with E-state index in [1.54, 1.807) is 13.8 Å². The molecule has 0 rings (SSSR count). The van der Waals surface area contributed by atoms with Crippen LogP contribution in [-0.2, 0) is 9.53 Å². The molecular formula is C11H24N2O2. The molecule has 0 aliphatic rings. The molecule has 15 heavy (non-hydrogen) atoms. The Kier molecular flexibility index (Phi) is 5.24. The van der Waals surface area contributed by atoms with Gasteiger partial charge in [0.2, 0.25) is 0 Å². The normalized spacial score (nSPS) is 15.9. The van der Waals surface area contributed by atoms with Crippen LogP contribution in [0.1, 0.15) is 41.5 Å². The number of rotatable bonds is 5. The first-order valence-corrected chi connectivity index (χ1v) is 5.49. The Morgan fingerprint density at radius 1 is 1.33 bits per heavy atom. The number of esters is 1. The summed E-state index contributed by atoms with van der Waals surface area (Å²) in [7, 11) is 0. The maximum Gasteiger partial charge on any atom is 0.341 e. The van der Waals surface area contributed by atoms with Crippen LogP contribution in [0.25, 0.3) is 0 Å². The van der Waals surface area contributed by atoms with Crippen LogP contribution in [-0.4, -0.2) is 35.2 Å². The molecule has 0 spiro atoms. The maximum atomic E-state index is 11.7. The van der Waals surface area contributed by atoms with Crippen LogP contribution < -0.4 is 5.73 Å². The van der Waals surface area contributed by atoms with Gasteiger partial charge >= 0.3 is 5.97 Å². The molecule has 90 valence electrons. The fraction of sp³-hybridized carbons (Fsp3) is 0.909. The minimum Gasteiger partial charge on any atom is -0.464 e. The van der Waals surface area contributed by atoms with E-state index in [4.69, 9.17) is 10.5 Å². The second-order valence-electron chi connectivity index (χ2n) is 4.46. The molecule has 0 bridgehead atoms. The number of carbonyl (C=O) groups excluding carboxylic acids is 1. The van der Waals surface area contributed by atoms with Gasteiger partial charge in [-0.05, 0) is 41.5 Å². The van der Waals surface area contributed by atoms with Crippen molar-refractivity contribution in [3.05, 3.63) is 0 Å². The number of hydrogen-bond donors (Lipinski definition) is 1. The minimum absolute atomic E-state index is 0.199. The van der Waals surface area contributed by atoms with Gasteiger partial charge in [-0.2, -0.15) is 0 Å². The van der Waals surface area contributed by atoms with Crippen molar-refractivity contribution in [2.24, 2.45) is 5.73 Å². The smallest absolute Gasteiger partial charge is 0.341 e. The predicted octanol–water partition coefficient (Wildman–Crippen LogP) is 1.34. The number of hydrogen-bond acceptors (Lipinski definition) is 4. The zero-order valence-electron chi connectivity index (χ0n) is 10.7. The van der Waals surface area contributed by atoms with Gasteiger partial charge in [-0.15, -0.1) is 0 Å². The van der Waals surface area contributed by atoms with Crippen LogP contribution in [0.15, 0.2) is 0 Å². The topological polar surface area (TPSA) is 55.6 Å². The highest BCUT2D eigenvalue weighted by molar-refractivity contribution is 5.79. The Bertz CT molecular complexity index is 205. The SMILES string of the molecule is CCOC(=O)[C@](C)(N)N(C(C)C)C(C)C. The quantitative estimate of drug-likeness (QED) is 0.556. The second kappa shape index (κ2) is 5.47. The summed E-state index contributed by atoms with van der Waals surface area (Å²) in [6.45, 7) is 11.9. The fourth-order valence-electron chi connectivity index (χ4n) is 2.05. The monoisotopic (exact) mass is 216 g/mol. The lowest BCUT2D eigenvalue weighted by molar-refractivity contribution is -0.159. The highest BCUT2D eigenvalue weighted by atomic mass is 16.5. The average molecular weight is 216 g/mol. The van der Waals surface area contributed by atoms with Crippen molar-refractivity contribution >= 4 is 5.97 Å². The molecule has 0 aliphatic carbocycles. The molecule has 0 aromatic carbocycles. The third-order valence-electron chi connectivity index (χ3n) is 2.34. The van der Waals surface area contributed by atoms with Crippen LogP contribution in [0.4, 0.5) is 0 Å². The Labute approximate surface area is 92.8 Å². The van der Waals surface area contributed by atoms with E-state index in [0.29, 0.717) is 6.61 Å². The van der Waals surface area contributed by atoms with Crippen molar-refractivity contribution in [2.45, 2.75) is 59.3 Å². The lowest BCUT2D eigenvalue weighted by Crippen LogP contribution is -2.64. The van der Waals surface area contributed by atoms with Crippen molar-refractivity contribution in [3.8, 4) is 0 Å². The molecule has 0 aromatic rings. The summed E-state index contributed by atoms with van der Waals surface area (Å²) in [6.07, 6.45) is 0. The minimum atomic E-state index is -1.06. The van der Waals surface area contributed by atoms with E-state index < -0.39 is 5.66 Å². The fourth-order valence-corrected chi connectivity index (χ4v) is 2.05. The molecule has 2 N–H and O–H groups in total. The summed E-state index contributed by atoms with van der Waals surface area (Å²) in [6, 6.07) is 0.397. The van der Waals surface area contributed by atoms with Gasteiger partial charge in [-0.3, -0.25) is 4.90 Å². The molecule has 0 radical (unpaired) electrons. The van der Waals surface area contributed by atoms with Gasteiger partial charge in [0.25, 0.3) is 0 Å². The van der Waals surface area contributed by atoms with E-state index in [2.05, 4.69) is 0 Å². The van der Waals surface area contributed by atoms with Crippen LogP contribution in [0.3, 0.4) is 0 Å². The predicted molar refractivity (Wildman–Crippen MR) is 61.3 cm³/mol. The Morgan fingerprint density at radius 2 is 1.73 bits per heavy atom. The summed E-state index contributed by atoms with van der Waals surface area (Å²) in [5.41, 5.74) is 4.99. The van der Waals surface area contributed by atoms with Gasteiger partial charge in [-0.25, -0.2) is 4.79 Å². The second-order valence-corrected chi connectivity index (χ2v) is 4.46. The van der Waals surface area contributed by atoms with Crippen molar-refractivity contribution in [1.29, 1.82) is 0 Å². The molecule has 0 saturated heterocycles. The van der Waals surface area contributed by atoms with Crippen molar-refractivity contribution in [3.63, 3.8) is 0 Å². The zero-order valence-corrected chi connectivity index (χ0v) is 10.7. The zero-order chi connectivity index (χ0) is 12.2. The molecule has 0 heterocycles. The van der Waals surface area contributed by atoms with Crippen LogP contribution in [0, 0.1) is 0 Å². The summed E-state index contributed by atoms with van der Waals surface area (Å²) in [5.74, 6) is -0.368. The molecule has 0 fully saturated rings. The summed E-state index contributed by atoms with van der Waals surface area (Å²) < 4.78 is 4.98. The van der Waals surface area contributed by atoms with Gasteiger partial charge in [0.1, 0.15) is 0 Å². The maximum absolute atomic E-state index is 11.7. The average Bonchev–Trinajstić information content (AvgIpc) is 2.01. The van der Waals surface area contributed by atoms with Gasteiger partial charge in [0.05, 0.1) is 6.61 Å². The van der Waals surface area contributed by atoms with Crippen molar-refractivity contribution in [2.75, 3.05) is 6.61 Å². The van der Waals surface area contributed by atoms with E-state index in [1.807, 2.05) is 32.6 Å². The first kappa shape index (κ1) is 14.4. The molecule has 0 aromatic heterocycles. The molecule has 1 atom stereocenters. The van der Waals surface area contributed by atoms with E-state index >= 15 is 0 Å². The standard InChI is InChI=1S/C11H24N2O2/c1-7-15-10(14)11(6,12)13(8(2)3)9(4)5/h8-9H,7,12H2,1-6H3/t11-/m1/s1. The van der Waals surface area contributed by atoms with Crippen LogP contribution >= 0.6 is 0 Å². The van der Waals surface area contributed by atoms with Gasteiger partial charge in [0, 0.05) is 12.1 Å². The summed E-state index contributed by atoms with van der Waals surface area (Å²) in [4.78, 5) is 13.7. The first-order valence-electron chi connectivity index (χ1n) is 5.49. The molecular weight excluding hydrogens is 192 g/mol. The Morgan fingerprint density at radius 3 is 2.00 bits per heavy atom. The number of nitrogens with two attached hydrogens (primary N) is 1. The van der Waals surface area contributed by atoms with E-state index in [-0.39, 0.29) is 18.1 Å². The third-order valence-corrected chi connectivity index (χ3v) is 2.34. The molecule has 4 heteroatoms.